The lowest BCUT2D eigenvalue weighted by atomic mass is 9.77. The summed E-state index contributed by atoms with van der Waals surface area (Å²) in [6.45, 7) is 0.319. The van der Waals surface area contributed by atoms with E-state index in [4.69, 9.17) is 18.9 Å². The van der Waals surface area contributed by atoms with Gasteiger partial charge in [-0.2, -0.15) is 0 Å². The molecule has 2 bridgehead atoms. The van der Waals surface area contributed by atoms with E-state index < -0.39 is 12.3 Å². The second-order valence-corrected chi connectivity index (χ2v) is 8.54. The van der Waals surface area contributed by atoms with Crippen LogP contribution in [0.2, 0.25) is 0 Å². The summed E-state index contributed by atoms with van der Waals surface area (Å²) < 4.78 is 22.3. The van der Waals surface area contributed by atoms with E-state index in [1.807, 2.05) is 36.4 Å². The number of carbonyl (C=O) groups is 2. The molecule has 6 atom stereocenters. The SMILES string of the molecule is COc1ccc(C(=O)C2C3C4COC(O4)C(=O)C3C3C=Cc4ccccc4N32)cc1OC. The number of carbonyl (C=O) groups excluding carboxylic acids is 2. The van der Waals surface area contributed by atoms with E-state index in [1.165, 1.54) is 0 Å². The number of methoxy groups -OCH3 is 2. The number of ether oxygens (including phenoxy) is 4. The lowest BCUT2D eigenvalue weighted by Gasteiger charge is -2.35. The third kappa shape index (κ3) is 2.61. The second kappa shape index (κ2) is 7.18. The monoisotopic (exact) mass is 433 g/mol. The van der Waals surface area contributed by atoms with Gasteiger partial charge in [0, 0.05) is 17.2 Å². The van der Waals surface area contributed by atoms with Gasteiger partial charge in [0.05, 0.1) is 44.9 Å². The number of fused-ring (bicyclic) bond motifs is 8. The summed E-state index contributed by atoms with van der Waals surface area (Å²) in [5.41, 5.74) is 2.49. The topological polar surface area (TPSA) is 74.3 Å². The highest BCUT2D eigenvalue weighted by Crippen LogP contribution is 2.51. The van der Waals surface area contributed by atoms with Crippen molar-refractivity contribution in [2.45, 2.75) is 24.5 Å². The van der Waals surface area contributed by atoms with Gasteiger partial charge >= 0.3 is 0 Å². The van der Waals surface area contributed by atoms with Gasteiger partial charge in [0.25, 0.3) is 0 Å². The predicted molar refractivity (Wildman–Crippen MR) is 116 cm³/mol. The van der Waals surface area contributed by atoms with E-state index in [0.29, 0.717) is 23.7 Å². The Morgan fingerprint density at radius 2 is 1.91 bits per heavy atom. The maximum atomic E-state index is 14.0. The summed E-state index contributed by atoms with van der Waals surface area (Å²) in [4.78, 5) is 29.4. The minimum absolute atomic E-state index is 0.0738. The molecule has 6 rings (SSSR count). The highest BCUT2D eigenvalue weighted by Gasteiger charge is 2.63. The highest BCUT2D eigenvalue weighted by atomic mass is 16.7. The number of benzene rings is 2. The molecule has 0 radical (unpaired) electrons. The Kier molecular flexibility index (Phi) is 4.38. The Hall–Kier alpha value is -3.16. The van der Waals surface area contributed by atoms with Gasteiger partial charge in [-0.15, -0.1) is 0 Å². The molecular formula is C25H23NO6. The van der Waals surface area contributed by atoms with Crippen LogP contribution in [0.5, 0.6) is 11.5 Å². The average Bonchev–Trinajstić information content (AvgIpc) is 3.43. The molecule has 3 fully saturated rings. The number of rotatable bonds is 4. The van der Waals surface area contributed by atoms with E-state index in [0.717, 1.165) is 11.3 Å². The number of ketones is 2. The van der Waals surface area contributed by atoms with Crippen LogP contribution < -0.4 is 14.4 Å². The number of nitrogens with zero attached hydrogens (tertiary/aromatic N) is 1. The molecular weight excluding hydrogens is 410 g/mol. The zero-order valence-electron chi connectivity index (χ0n) is 17.8. The van der Waals surface area contributed by atoms with Gasteiger partial charge in [-0.25, -0.2) is 0 Å². The molecule has 3 saturated heterocycles. The van der Waals surface area contributed by atoms with Crippen LogP contribution in [-0.2, 0) is 14.3 Å². The molecule has 0 saturated carbocycles. The summed E-state index contributed by atoms with van der Waals surface area (Å²) in [7, 11) is 3.10. The van der Waals surface area contributed by atoms with E-state index in [2.05, 4.69) is 4.90 Å². The van der Waals surface area contributed by atoms with Crippen molar-refractivity contribution in [3.8, 4) is 11.5 Å². The zero-order chi connectivity index (χ0) is 22.0. The fourth-order valence-corrected chi connectivity index (χ4v) is 5.74. The van der Waals surface area contributed by atoms with Crippen molar-refractivity contribution in [2.75, 3.05) is 25.7 Å². The molecule has 2 aromatic carbocycles. The minimum atomic E-state index is -0.830. The average molecular weight is 433 g/mol. The standard InChI is InChI=1S/C25H23NO6/c1-29-17-10-8-14(11-18(17)30-2)23(27)22-21-19-12-31-25(32-19)24(28)20(21)16-9-7-13-5-3-4-6-15(13)26(16)22/h3-11,16,19-22,25H,12H2,1-2H3. The summed E-state index contributed by atoms with van der Waals surface area (Å²) in [6.07, 6.45) is 2.96. The Bertz CT molecular complexity index is 1140. The first-order chi connectivity index (χ1) is 15.6. The second-order valence-electron chi connectivity index (χ2n) is 8.54. The van der Waals surface area contributed by atoms with Crippen molar-refractivity contribution >= 4 is 23.3 Å². The van der Waals surface area contributed by atoms with Gasteiger partial charge in [0.1, 0.15) is 0 Å². The van der Waals surface area contributed by atoms with Crippen LogP contribution in [0.3, 0.4) is 0 Å². The van der Waals surface area contributed by atoms with Gasteiger partial charge in [0.2, 0.25) is 6.29 Å². The summed E-state index contributed by atoms with van der Waals surface area (Å²) in [6, 6.07) is 12.4. The quantitative estimate of drug-likeness (QED) is 0.687. The number of hydrogen-bond donors (Lipinski definition) is 0. The maximum Gasteiger partial charge on any atom is 0.218 e. The molecule has 0 aromatic heterocycles. The van der Waals surface area contributed by atoms with Crippen molar-refractivity contribution in [2.24, 2.45) is 11.8 Å². The van der Waals surface area contributed by atoms with Gasteiger partial charge in [-0.05, 0) is 29.8 Å². The normalized spacial score (nSPS) is 31.7. The Morgan fingerprint density at radius 1 is 1.09 bits per heavy atom. The lowest BCUT2D eigenvalue weighted by Crippen LogP contribution is -2.48. The zero-order valence-corrected chi connectivity index (χ0v) is 17.8. The lowest BCUT2D eigenvalue weighted by molar-refractivity contribution is -0.163. The third-order valence-electron chi connectivity index (χ3n) is 7.09. The molecule has 7 nitrogen and oxygen atoms in total. The molecule has 7 heteroatoms. The number of anilines is 1. The molecule has 164 valence electrons. The van der Waals surface area contributed by atoms with Crippen LogP contribution >= 0.6 is 0 Å². The number of para-hydroxylation sites is 1. The van der Waals surface area contributed by atoms with E-state index in [9.17, 15) is 9.59 Å². The van der Waals surface area contributed by atoms with Crippen molar-refractivity contribution < 1.29 is 28.5 Å². The van der Waals surface area contributed by atoms with Crippen LogP contribution in [-0.4, -0.2) is 56.9 Å². The van der Waals surface area contributed by atoms with Crippen molar-refractivity contribution in [1.29, 1.82) is 0 Å². The molecule has 2 aromatic rings. The molecule has 0 N–H and O–H groups in total. The minimum Gasteiger partial charge on any atom is -0.493 e. The first kappa shape index (κ1) is 19.5. The van der Waals surface area contributed by atoms with Crippen molar-refractivity contribution in [3.05, 3.63) is 59.7 Å². The molecule has 0 aliphatic carbocycles. The van der Waals surface area contributed by atoms with Crippen molar-refractivity contribution in [3.63, 3.8) is 0 Å². The van der Waals surface area contributed by atoms with Crippen LogP contribution in [0.25, 0.3) is 6.08 Å². The molecule has 0 amide bonds. The summed E-state index contributed by atoms with van der Waals surface area (Å²) in [5, 5.41) is 0. The van der Waals surface area contributed by atoms with Gasteiger partial charge in [0.15, 0.2) is 23.1 Å². The van der Waals surface area contributed by atoms with E-state index >= 15 is 0 Å². The molecule has 0 spiro atoms. The molecule has 4 aliphatic heterocycles. The van der Waals surface area contributed by atoms with Crippen molar-refractivity contribution in [1.82, 2.24) is 0 Å². The Labute approximate surface area is 185 Å². The summed E-state index contributed by atoms with van der Waals surface area (Å²) >= 11 is 0. The number of Topliss-reactive ketones (excluding diaryl/α,β-unsaturated/α-hetero) is 2. The van der Waals surface area contributed by atoms with Crippen LogP contribution in [0.15, 0.2) is 48.5 Å². The largest absolute Gasteiger partial charge is 0.493 e. The fourth-order valence-electron chi connectivity index (χ4n) is 5.74. The van der Waals surface area contributed by atoms with Crippen LogP contribution in [0, 0.1) is 11.8 Å². The maximum absolute atomic E-state index is 14.0. The third-order valence-corrected chi connectivity index (χ3v) is 7.09. The van der Waals surface area contributed by atoms with Gasteiger partial charge in [-0.3, -0.25) is 9.59 Å². The predicted octanol–water partition coefficient (Wildman–Crippen LogP) is 2.73. The smallest absolute Gasteiger partial charge is 0.218 e. The fraction of sp³-hybridized carbons (Fsp3) is 0.360. The van der Waals surface area contributed by atoms with Gasteiger partial charge < -0.3 is 23.8 Å². The number of hydrogen-bond acceptors (Lipinski definition) is 7. The first-order valence-electron chi connectivity index (χ1n) is 10.7. The van der Waals surface area contributed by atoms with E-state index in [-0.39, 0.29) is 35.5 Å². The Balaban J connectivity index is 1.49. The van der Waals surface area contributed by atoms with Gasteiger partial charge in [-0.1, -0.05) is 30.4 Å². The first-order valence-corrected chi connectivity index (χ1v) is 10.7. The molecule has 6 unspecified atom stereocenters. The van der Waals surface area contributed by atoms with Crippen LogP contribution in [0.4, 0.5) is 5.69 Å². The molecule has 4 aliphatic rings. The van der Waals surface area contributed by atoms with Crippen LogP contribution in [0.1, 0.15) is 15.9 Å². The molecule has 32 heavy (non-hydrogen) atoms. The summed E-state index contributed by atoms with van der Waals surface area (Å²) in [5.74, 6) is 0.229. The molecule has 4 heterocycles. The van der Waals surface area contributed by atoms with E-state index in [1.54, 1.807) is 32.4 Å². The Morgan fingerprint density at radius 3 is 2.72 bits per heavy atom. The highest BCUT2D eigenvalue weighted by molar-refractivity contribution is 6.05.